The summed E-state index contributed by atoms with van der Waals surface area (Å²) in [6, 6.07) is 8.89. The molecule has 0 bridgehead atoms. The summed E-state index contributed by atoms with van der Waals surface area (Å²) in [6.45, 7) is 4.77. The van der Waals surface area contributed by atoms with Crippen LogP contribution in [-0.4, -0.2) is 61.7 Å². The zero-order valence-electron chi connectivity index (χ0n) is 16.1. The van der Waals surface area contributed by atoms with Gasteiger partial charge in [0.05, 0.1) is 7.11 Å². The van der Waals surface area contributed by atoms with Gasteiger partial charge in [-0.15, -0.1) is 0 Å². The van der Waals surface area contributed by atoms with Crippen LogP contribution in [0.5, 0.6) is 5.75 Å². The molecule has 2 aliphatic rings. The number of rotatable bonds is 6. The quantitative estimate of drug-likeness (QED) is 0.848. The van der Waals surface area contributed by atoms with Crippen LogP contribution < -0.4 is 10.1 Å². The number of methoxy groups -OCH3 is 1. The number of ether oxygens (including phenoxy) is 1. The van der Waals surface area contributed by atoms with E-state index in [1.54, 1.807) is 7.11 Å². The van der Waals surface area contributed by atoms with E-state index in [-0.39, 0.29) is 6.03 Å². The third kappa shape index (κ3) is 5.63. The van der Waals surface area contributed by atoms with Crippen molar-refractivity contribution in [3.05, 3.63) is 29.8 Å². The number of hydrogen-bond donors (Lipinski definition) is 1. The minimum atomic E-state index is 0.148. The number of carbonyl (C=O) groups is 1. The summed E-state index contributed by atoms with van der Waals surface area (Å²) in [5.74, 6) is 0.913. The van der Waals surface area contributed by atoms with Gasteiger partial charge in [0.1, 0.15) is 5.75 Å². The lowest BCUT2D eigenvalue weighted by atomic mass is 9.96. The van der Waals surface area contributed by atoms with E-state index in [1.807, 2.05) is 17.0 Å². The standard InChI is InChI=1S/C21H33N3O2/c1-26-20-11-9-18(10-12-20)6-5-13-23-14-16-24(17-15-23)21(25)22-19-7-3-2-4-8-19/h9-12,19H,2-8,13-17H2,1H3,(H,22,25). The molecule has 3 rings (SSSR count). The molecule has 1 saturated heterocycles. The number of nitrogens with one attached hydrogen (secondary N) is 1. The Hall–Kier alpha value is -1.75. The highest BCUT2D eigenvalue weighted by atomic mass is 16.5. The van der Waals surface area contributed by atoms with Crippen molar-refractivity contribution in [2.45, 2.75) is 51.0 Å². The average Bonchev–Trinajstić information content (AvgIpc) is 2.70. The molecule has 2 fully saturated rings. The van der Waals surface area contributed by atoms with Crippen molar-refractivity contribution >= 4 is 6.03 Å². The first-order valence-electron chi connectivity index (χ1n) is 10.2. The molecule has 1 saturated carbocycles. The number of nitrogens with zero attached hydrogens (tertiary/aromatic N) is 2. The van der Waals surface area contributed by atoms with Gasteiger partial charge in [0, 0.05) is 32.2 Å². The molecule has 26 heavy (non-hydrogen) atoms. The molecular formula is C21H33N3O2. The van der Waals surface area contributed by atoms with Gasteiger partial charge in [0.25, 0.3) is 0 Å². The molecule has 5 heteroatoms. The van der Waals surface area contributed by atoms with Gasteiger partial charge in [-0.2, -0.15) is 0 Å². The number of urea groups is 1. The van der Waals surface area contributed by atoms with Crippen LogP contribution in [0.15, 0.2) is 24.3 Å². The van der Waals surface area contributed by atoms with Gasteiger partial charge in [-0.3, -0.25) is 4.90 Å². The van der Waals surface area contributed by atoms with Crippen LogP contribution in [0.2, 0.25) is 0 Å². The molecule has 5 nitrogen and oxygen atoms in total. The third-order valence-corrected chi connectivity index (χ3v) is 5.69. The molecule has 0 atom stereocenters. The molecule has 1 aromatic rings. The lowest BCUT2D eigenvalue weighted by Gasteiger charge is -2.36. The minimum absolute atomic E-state index is 0.148. The maximum Gasteiger partial charge on any atom is 0.317 e. The van der Waals surface area contributed by atoms with E-state index in [1.165, 1.54) is 24.8 Å². The van der Waals surface area contributed by atoms with Crippen molar-refractivity contribution in [3.63, 3.8) is 0 Å². The Morgan fingerprint density at radius 2 is 1.77 bits per heavy atom. The Kier molecular flexibility index (Phi) is 7.18. The van der Waals surface area contributed by atoms with Crippen LogP contribution in [0.3, 0.4) is 0 Å². The number of piperazine rings is 1. The number of amides is 2. The number of benzene rings is 1. The Morgan fingerprint density at radius 1 is 1.08 bits per heavy atom. The summed E-state index contributed by atoms with van der Waals surface area (Å²) in [6.07, 6.45) is 8.38. The van der Waals surface area contributed by atoms with Crippen molar-refractivity contribution in [2.75, 3.05) is 39.8 Å². The fourth-order valence-electron chi connectivity index (χ4n) is 3.99. The molecule has 2 amide bonds. The van der Waals surface area contributed by atoms with Gasteiger partial charge >= 0.3 is 6.03 Å². The van der Waals surface area contributed by atoms with Gasteiger partial charge in [-0.25, -0.2) is 4.79 Å². The van der Waals surface area contributed by atoms with Gasteiger partial charge < -0.3 is 15.0 Å². The largest absolute Gasteiger partial charge is 0.497 e. The SMILES string of the molecule is COc1ccc(CCCN2CCN(C(=O)NC3CCCCC3)CC2)cc1. The summed E-state index contributed by atoms with van der Waals surface area (Å²) in [5.41, 5.74) is 1.36. The smallest absolute Gasteiger partial charge is 0.317 e. The predicted molar refractivity (Wildman–Crippen MR) is 105 cm³/mol. The van der Waals surface area contributed by atoms with E-state index in [9.17, 15) is 4.79 Å². The normalized spacial score (nSPS) is 19.3. The first-order valence-corrected chi connectivity index (χ1v) is 10.2. The number of hydrogen-bond acceptors (Lipinski definition) is 3. The Balaban J connectivity index is 1.32. The Morgan fingerprint density at radius 3 is 2.42 bits per heavy atom. The van der Waals surface area contributed by atoms with E-state index in [0.29, 0.717) is 6.04 Å². The molecule has 144 valence electrons. The zero-order valence-corrected chi connectivity index (χ0v) is 16.1. The summed E-state index contributed by atoms with van der Waals surface area (Å²) >= 11 is 0. The van der Waals surface area contributed by atoms with Crippen LogP contribution in [0, 0.1) is 0 Å². The lowest BCUT2D eigenvalue weighted by Crippen LogP contribution is -2.53. The van der Waals surface area contributed by atoms with Gasteiger partial charge in [-0.1, -0.05) is 31.4 Å². The van der Waals surface area contributed by atoms with Crippen LogP contribution in [0.25, 0.3) is 0 Å². The first kappa shape index (κ1) is 19.0. The highest BCUT2D eigenvalue weighted by molar-refractivity contribution is 5.74. The maximum atomic E-state index is 12.4. The fraction of sp³-hybridized carbons (Fsp3) is 0.667. The predicted octanol–water partition coefficient (Wildman–Crippen LogP) is 3.29. The van der Waals surface area contributed by atoms with Gasteiger partial charge in [0.15, 0.2) is 0 Å². The van der Waals surface area contributed by atoms with Crippen LogP contribution in [-0.2, 0) is 6.42 Å². The first-order chi connectivity index (χ1) is 12.7. The highest BCUT2D eigenvalue weighted by Gasteiger charge is 2.23. The topological polar surface area (TPSA) is 44.8 Å². The summed E-state index contributed by atoms with van der Waals surface area (Å²) in [7, 11) is 1.70. The van der Waals surface area contributed by atoms with E-state index < -0.39 is 0 Å². The second kappa shape index (κ2) is 9.81. The summed E-state index contributed by atoms with van der Waals surface area (Å²) in [4.78, 5) is 16.9. The molecule has 1 aromatic carbocycles. The molecule has 0 radical (unpaired) electrons. The van der Waals surface area contributed by atoms with E-state index in [2.05, 4.69) is 22.3 Å². The molecule has 0 spiro atoms. The van der Waals surface area contributed by atoms with Gasteiger partial charge in [-0.05, 0) is 49.9 Å². The Bertz CT molecular complexity index is 547. The van der Waals surface area contributed by atoms with Crippen molar-refractivity contribution in [2.24, 2.45) is 0 Å². The summed E-state index contributed by atoms with van der Waals surface area (Å²) < 4.78 is 5.20. The summed E-state index contributed by atoms with van der Waals surface area (Å²) in [5, 5.41) is 3.24. The maximum absolute atomic E-state index is 12.4. The minimum Gasteiger partial charge on any atom is -0.497 e. The molecule has 1 aliphatic heterocycles. The molecule has 1 heterocycles. The Labute approximate surface area is 157 Å². The van der Waals surface area contributed by atoms with E-state index in [4.69, 9.17) is 4.74 Å². The van der Waals surface area contributed by atoms with Crippen LogP contribution >= 0.6 is 0 Å². The molecule has 0 unspecified atom stereocenters. The van der Waals surface area contributed by atoms with Crippen molar-refractivity contribution in [1.82, 2.24) is 15.1 Å². The highest BCUT2D eigenvalue weighted by Crippen LogP contribution is 2.18. The molecule has 0 aromatic heterocycles. The second-order valence-corrected chi connectivity index (χ2v) is 7.56. The van der Waals surface area contributed by atoms with Crippen LogP contribution in [0.4, 0.5) is 4.79 Å². The van der Waals surface area contributed by atoms with Crippen molar-refractivity contribution in [3.8, 4) is 5.75 Å². The number of carbonyl (C=O) groups excluding carboxylic acids is 1. The van der Waals surface area contributed by atoms with E-state index in [0.717, 1.165) is 64.2 Å². The van der Waals surface area contributed by atoms with E-state index >= 15 is 0 Å². The second-order valence-electron chi connectivity index (χ2n) is 7.56. The van der Waals surface area contributed by atoms with Crippen LogP contribution in [0.1, 0.15) is 44.1 Å². The monoisotopic (exact) mass is 359 g/mol. The molecule has 1 N–H and O–H groups in total. The number of aryl methyl sites for hydroxylation is 1. The fourth-order valence-corrected chi connectivity index (χ4v) is 3.99. The average molecular weight is 360 g/mol. The van der Waals surface area contributed by atoms with Gasteiger partial charge in [0.2, 0.25) is 0 Å². The third-order valence-electron chi connectivity index (χ3n) is 5.69. The molecular weight excluding hydrogens is 326 g/mol. The van der Waals surface area contributed by atoms with Crippen molar-refractivity contribution < 1.29 is 9.53 Å². The zero-order chi connectivity index (χ0) is 18.2. The van der Waals surface area contributed by atoms with Crippen molar-refractivity contribution in [1.29, 1.82) is 0 Å². The lowest BCUT2D eigenvalue weighted by molar-refractivity contribution is 0.135. The molecule has 1 aliphatic carbocycles.